The molecule has 0 saturated carbocycles. The van der Waals surface area contributed by atoms with Crippen LogP contribution in [0.25, 0.3) is 10.2 Å². The predicted molar refractivity (Wildman–Crippen MR) is 121 cm³/mol. The molecule has 0 aliphatic carbocycles. The second kappa shape index (κ2) is 7.73. The Morgan fingerprint density at radius 1 is 1.24 bits per heavy atom. The Hall–Kier alpha value is -3.66. The van der Waals surface area contributed by atoms with Crippen molar-refractivity contribution in [2.75, 3.05) is 20.4 Å². The SMILES string of the molecule is C[C@H](c1nc2ccccc2s1)N(C)C(=O)CN1C(=O)N[C@](C)(c2ccc3c(c2)OCO3)C1=O. The maximum Gasteiger partial charge on any atom is 0.325 e. The van der Waals surface area contributed by atoms with Crippen LogP contribution in [-0.2, 0) is 15.1 Å². The van der Waals surface area contributed by atoms with Crippen LogP contribution in [0.4, 0.5) is 4.79 Å². The molecule has 2 aliphatic rings. The van der Waals surface area contributed by atoms with Gasteiger partial charge in [0.1, 0.15) is 17.1 Å². The number of para-hydroxylation sites is 1. The minimum atomic E-state index is -1.31. The number of rotatable bonds is 5. The quantitative estimate of drug-likeness (QED) is 0.580. The van der Waals surface area contributed by atoms with E-state index in [1.165, 1.54) is 16.2 Å². The third kappa shape index (κ3) is 3.46. The molecule has 170 valence electrons. The molecule has 10 heteroatoms. The van der Waals surface area contributed by atoms with Gasteiger partial charge in [0, 0.05) is 7.05 Å². The predicted octanol–water partition coefficient (Wildman–Crippen LogP) is 3.01. The van der Waals surface area contributed by atoms with E-state index in [1.54, 1.807) is 32.2 Å². The summed E-state index contributed by atoms with van der Waals surface area (Å²) < 4.78 is 11.7. The molecule has 1 fully saturated rings. The summed E-state index contributed by atoms with van der Waals surface area (Å²) in [7, 11) is 1.65. The Balaban J connectivity index is 1.32. The second-order valence-corrected chi connectivity index (χ2v) is 9.28. The molecule has 1 aromatic heterocycles. The molecule has 0 unspecified atom stereocenters. The number of fused-ring (bicyclic) bond motifs is 2. The lowest BCUT2D eigenvalue weighted by Gasteiger charge is -2.26. The first-order valence-corrected chi connectivity index (χ1v) is 11.2. The topological polar surface area (TPSA) is 101 Å². The maximum atomic E-state index is 13.2. The van der Waals surface area contributed by atoms with Gasteiger partial charge in [0.05, 0.1) is 16.3 Å². The molecule has 2 atom stereocenters. The van der Waals surface area contributed by atoms with Gasteiger partial charge in [-0.25, -0.2) is 9.78 Å². The molecule has 1 saturated heterocycles. The monoisotopic (exact) mass is 466 g/mol. The molecule has 0 bridgehead atoms. The number of hydrogen-bond acceptors (Lipinski definition) is 7. The number of nitrogens with zero attached hydrogens (tertiary/aromatic N) is 3. The van der Waals surface area contributed by atoms with Crippen LogP contribution in [0, 0.1) is 0 Å². The van der Waals surface area contributed by atoms with Crippen LogP contribution in [0.3, 0.4) is 0 Å². The first kappa shape index (κ1) is 21.2. The summed E-state index contributed by atoms with van der Waals surface area (Å²) in [5, 5.41) is 3.51. The molecule has 9 nitrogen and oxygen atoms in total. The van der Waals surface area contributed by atoms with E-state index in [9.17, 15) is 14.4 Å². The van der Waals surface area contributed by atoms with E-state index >= 15 is 0 Å². The van der Waals surface area contributed by atoms with E-state index in [0.717, 1.165) is 20.1 Å². The third-order valence-corrected chi connectivity index (χ3v) is 7.37. The summed E-state index contributed by atoms with van der Waals surface area (Å²) in [4.78, 5) is 46.0. The fraction of sp³-hybridized carbons (Fsp3) is 0.304. The van der Waals surface area contributed by atoms with E-state index in [-0.39, 0.29) is 25.3 Å². The van der Waals surface area contributed by atoms with Crippen LogP contribution in [0.5, 0.6) is 11.5 Å². The van der Waals surface area contributed by atoms with E-state index in [1.807, 2.05) is 31.2 Å². The number of urea groups is 1. The van der Waals surface area contributed by atoms with Crippen molar-refractivity contribution in [1.82, 2.24) is 20.1 Å². The van der Waals surface area contributed by atoms with Gasteiger partial charge in [-0.1, -0.05) is 18.2 Å². The number of carbonyl (C=O) groups excluding carboxylic acids is 3. The summed E-state index contributed by atoms with van der Waals surface area (Å²) >= 11 is 1.51. The molecule has 4 amide bonds. The Labute approximate surface area is 193 Å². The number of likely N-dealkylation sites (N-methyl/N-ethyl adjacent to an activating group) is 1. The van der Waals surface area contributed by atoms with Crippen molar-refractivity contribution in [2.24, 2.45) is 0 Å². The number of benzene rings is 2. The van der Waals surface area contributed by atoms with Gasteiger partial charge < -0.3 is 19.7 Å². The van der Waals surface area contributed by atoms with Crippen molar-refractivity contribution < 1.29 is 23.9 Å². The van der Waals surface area contributed by atoms with Crippen LogP contribution < -0.4 is 14.8 Å². The molecule has 0 radical (unpaired) electrons. The average molecular weight is 467 g/mol. The number of hydrogen-bond donors (Lipinski definition) is 1. The maximum absolute atomic E-state index is 13.2. The van der Waals surface area contributed by atoms with Crippen molar-refractivity contribution >= 4 is 39.4 Å². The van der Waals surface area contributed by atoms with Gasteiger partial charge in [0.25, 0.3) is 5.91 Å². The standard InChI is InChI=1S/C23H22N4O5S/c1-13(20-24-15-6-4-5-7-18(15)33-20)26(3)19(28)11-27-21(29)23(2,25-22(27)30)14-8-9-16-17(10-14)32-12-31-16/h4-10,13H,11-12H2,1-3H3,(H,25,30)/t13-,23-/m1/s1. The molecule has 3 heterocycles. The zero-order valence-electron chi connectivity index (χ0n) is 18.3. The summed E-state index contributed by atoms with van der Waals surface area (Å²) in [5.74, 6) is 0.229. The fourth-order valence-electron chi connectivity index (χ4n) is 3.94. The molecule has 3 aromatic rings. The number of thiazole rings is 1. The number of amides is 4. The van der Waals surface area contributed by atoms with Crippen molar-refractivity contribution in [3.63, 3.8) is 0 Å². The normalized spacial score (nSPS) is 20.3. The van der Waals surface area contributed by atoms with E-state index in [2.05, 4.69) is 10.3 Å². The number of carbonyl (C=O) groups is 3. The lowest BCUT2D eigenvalue weighted by atomic mass is 9.91. The molecule has 5 rings (SSSR count). The summed E-state index contributed by atoms with van der Waals surface area (Å²) in [6.07, 6.45) is 0. The van der Waals surface area contributed by atoms with Gasteiger partial charge >= 0.3 is 6.03 Å². The highest BCUT2D eigenvalue weighted by molar-refractivity contribution is 7.18. The van der Waals surface area contributed by atoms with Gasteiger partial charge in [0.15, 0.2) is 11.5 Å². The smallest absolute Gasteiger partial charge is 0.325 e. The first-order chi connectivity index (χ1) is 15.8. The highest BCUT2D eigenvalue weighted by Gasteiger charge is 2.50. The Bertz CT molecular complexity index is 1260. The van der Waals surface area contributed by atoms with Gasteiger partial charge in [0.2, 0.25) is 12.7 Å². The van der Waals surface area contributed by atoms with Crippen molar-refractivity contribution in [3.05, 3.63) is 53.0 Å². The van der Waals surface area contributed by atoms with Crippen molar-refractivity contribution in [3.8, 4) is 11.5 Å². The molecular formula is C23H22N4O5S. The number of ether oxygens (including phenoxy) is 2. The first-order valence-electron chi connectivity index (χ1n) is 10.4. The van der Waals surface area contributed by atoms with Crippen molar-refractivity contribution in [1.29, 1.82) is 0 Å². The van der Waals surface area contributed by atoms with Crippen LogP contribution in [0.1, 0.15) is 30.5 Å². The second-order valence-electron chi connectivity index (χ2n) is 8.21. The van der Waals surface area contributed by atoms with Crippen LogP contribution in [0.15, 0.2) is 42.5 Å². The zero-order valence-corrected chi connectivity index (χ0v) is 19.1. The average Bonchev–Trinajstić information content (AvgIpc) is 3.51. The molecular weight excluding hydrogens is 444 g/mol. The highest BCUT2D eigenvalue weighted by Crippen LogP contribution is 2.38. The van der Waals surface area contributed by atoms with Gasteiger partial charge in [-0.3, -0.25) is 14.5 Å². The fourth-order valence-corrected chi connectivity index (χ4v) is 5.00. The van der Waals surface area contributed by atoms with E-state index in [0.29, 0.717) is 17.1 Å². The molecule has 1 N–H and O–H groups in total. The third-order valence-electron chi connectivity index (χ3n) is 6.16. The van der Waals surface area contributed by atoms with Crippen LogP contribution in [0.2, 0.25) is 0 Å². The number of aromatic nitrogens is 1. The van der Waals surface area contributed by atoms with Crippen molar-refractivity contribution in [2.45, 2.75) is 25.4 Å². The van der Waals surface area contributed by atoms with Gasteiger partial charge in [-0.2, -0.15) is 0 Å². The largest absolute Gasteiger partial charge is 0.454 e. The van der Waals surface area contributed by atoms with Gasteiger partial charge in [-0.15, -0.1) is 11.3 Å². The Morgan fingerprint density at radius 2 is 2.00 bits per heavy atom. The number of nitrogens with one attached hydrogen (secondary N) is 1. The lowest BCUT2D eigenvalue weighted by Crippen LogP contribution is -2.44. The van der Waals surface area contributed by atoms with Gasteiger partial charge in [-0.05, 0) is 43.7 Å². The minimum Gasteiger partial charge on any atom is -0.454 e. The Morgan fingerprint density at radius 3 is 2.79 bits per heavy atom. The number of imide groups is 1. The van der Waals surface area contributed by atoms with Crippen LogP contribution in [-0.4, -0.2) is 53.0 Å². The molecule has 2 aliphatic heterocycles. The van der Waals surface area contributed by atoms with E-state index in [4.69, 9.17) is 9.47 Å². The highest BCUT2D eigenvalue weighted by atomic mass is 32.1. The van der Waals surface area contributed by atoms with E-state index < -0.39 is 17.5 Å². The zero-order chi connectivity index (χ0) is 23.3. The van der Waals surface area contributed by atoms with Crippen LogP contribution >= 0.6 is 11.3 Å². The molecule has 0 spiro atoms. The summed E-state index contributed by atoms with van der Waals surface area (Å²) in [6, 6.07) is 11.9. The summed E-state index contributed by atoms with van der Waals surface area (Å²) in [6.45, 7) is 3.23. The Kier molecular flexibility index (Phi) is 4.97. The lowest BCUT2D eigenvalue weighted by molar-refractivity contribution is -0.139. The minimum absolute atomic E-state index is 0.107. The summed E-state index contributed by atoms with van der Waals surface area (Å²) in [5.41, 5.74) is 0.116. The molecule has 33 heavy (non-hydrogen) atoms. The molecule has 2 aromatic carbocycles.